The van der Waals surface area contributed by atoms with Crippen molar-refractivity contribution >= 4 is 43.6 Å². The first-order valence-electron chi connectivity index (χ1n) is 4.73. The predicted molar refractivity (Wildman–Crippen MR) is 75.6 cm³/mol. The Hall–Kier alpha value is -0.320. The SMILES string of the molecule is Brc1ccc(CSc2ccccc2Br)nc1. The third kappa shape index (κ3) is 3.34. The van der Waals surface area contributed by atoms with E-state index in [-0.39, 0.29) is 0 Å². The Balaban J connectivity index is 2.02. The first-order valence-corrected chi connectivity index (χ1v) is 7.30. The highest BCUT2D eigenvalue weighted by Crippen LogP contribution is 2.29. The van der Waals surface area contributed by atoms with E-state index >= 15 is 0 Å². The van der Waals surface area contributed by atoms with E-state index in [0.29, 0.717) is 0 Å². The number of rotatable bonds is 3. The van der Waals surface area contributed by atoms with Crippen LogP contribution >= 0.6 is 43.6 Å². The van der Waals surface area contributed by atoms with Crippen LogP contribution < -0.4 is 0 Å². The van der Waals surface area contributed by atoms with Crippen LogP contribution in [0.1, 0.15) is 5.69 Å². The molecule has 0 aliphatic carbocycles. The summed E-state index contributed by atoms with van der Waals surface area (Å²) in [5.74, 6) is 0.885. The van der Waals surface area contributed by atoms with Gasteiger partial charge in [0, 0.05) is 25.8 Å². The Labute approximate surface area is 116 Å². The van der Waals surface area contributed by atoms with Crippen molar-refractivity contribution in [3.8, 4) is 0 Å². The molecule has 0 N–H and O–H groups in total. The van der Waals surface area contributed by atoms with Gasteiger partial charge in [-0.3, -0.25) is 4.98 Å². The van der Waals surface area contributed by atoms with Crippen molar-refractivity contribution < 1.29 is 0 Å². The van der Waals surface area contributed by atoms with Crippen LogP contribution in [0, 0.1) is 0 Å². The summed E-state index contributed by atoms with van der Waals surface area (Å²) in [5.41, 5.74) is 1.09. The van der Waals surface area contributed by atoms with Crippen LogP contribution in [0.5, 0.6) is 0 Å². The molecule has 0 atom stereocenters. The molecule has 1 aromatic carbocycles. The molecule has 1 aromatic heterocycles. The number of hydrogen-bond acceptors (Lipinski definition) is 2. The Morgan fingerprint density at radius 1 is 1.06 bits per heavy atom. The molecule has 0 aliphatic rings. The number of halogens is 2. The topological polar surface area (TPSA) is 12.9 Å². The number of nitrogens with zero attached hydrogens (tertiary/aromatic N) is 1. The lowest BCUT2D eigenvalue weighted by Crippen LogP contribution is -1.85. The first kappa shape index (κ1) is 12.1. The second kappa shape index (κ2) is 5.84. The second-order valence-corrected chi connectivity index (χ2v) is 5.97. The summed E-state index contributed by atoms with van der Waals surface area (Å²) in [5, 5.41) is 0. The predicted octanol–water partition coefficient (Wildman–Crippen LogP) is 4.90. The largest absolute Gasteiger partial charge is 0.259 e. The maximum Gasteiger partial charge on any atom is 0.0507 e. The monoisotopic (exact) mass is 357 g/mol. The molecule has 4 heteroatoms. The van der Waals surface area contributed by atoms with Crippen LogP contribution in [0.15, 0.2) is 56.4 Å². The average Bonchev–Trinajstić information content (AvgIpc) is 2.30. The van der Waals surface area contributed by atoms with Crippen LogP contribution in [0.2, 0.25) is 0 Å². The smallest absolute Gasteiger partial charge is 0.0507 e. The Bertz CT molecular complexity index is 471. The van der Waals surface area contributed by atoms with Crippen molar-refractivity contribution in [1.29, 1.82) is 0 Å². The molecule has 0 aliphatic heterocycles. The molecule has 16 heavy (non-hydrogen) atoms. The third-order valence-electron chi connectivity index (χ3n) is 2.00. The van der Waals surface area contributed by atoms with Gasteiger partial charge < -0.3 is 0 Å². The maximum atomic E-state index is 4.34. The zero-order valence-corrected chi connectivity index (χ0v) is 12.3. The van der Waals surface area contributed by atoms with Crippen LogP contribution in [0.25, 0.3) is 0 Å². The number of aromatic nitrogens is 1. The molecule has 0 saturated carbocycles. The Morgan fingerprint density at radius 3 is 2.56 bits per heavy atom. The quantitative estimate of drug-likeness (QED) is 0.724. The van der Waals surface area contributed by atoms with Crippen LogP contribution in [0.4, 0.5) is 0 Å². The second-order valence-electron chi connectivity index (χ2n) is 3.19. The number of hydrogen-bond donors (Lipinski definition) is 0. The Morgan fingerprint density at radius 2 is 1.88 bits per heavy atom. The molecular weight excluding hydrogens is 350 g/mol. The van der Waals surface area contributed by atoms with Gasteiger partial charge in [0.05, 0.1) is 5.69 Å². The fourth-order valence-electron chi connectivity index (χ4n) is 1.21. The molecule has 0 bridgehead atoms. The third-order valence-corrected chi connectivity index (χ3v) is 4.53. The van der Waals surface area contributed by atoms with E-state index in [9.17, 15) is 0 Å². The van der Waals surface area contributed by atoms with Crippen LogP contribution in [-0.4, -0.2) is 4.98 Å². The normalized spacial score (nSPS) is 10.4. The highest BCUT2D eigenvalue weighted by atomic mass is 79.9. The standard InChI is InChI=1S/C12H9Br2NS/c13-9-5-6-10(15-7-9)8-16-12-4-2-1-3-11(12)14/h1-7H,8H2. The van der Waals surface area contributed by atoms with Crippen molar-refractivity contribution in [2.75, 3.05) is 0 Å². The zero-order valence-electron chi connectivity index (χ0n) is 8.36. The minimum Gasteiger partial charge on any atom is -0.259 e. The van der Waals surface area contributed by atoms with Crippen molar-refractivity contribution in [2.45, 2.75) is 10.6 Å². The van der Waals surface area contributed by atoms with E-state index in [1.807, 2.05) is 30.5 Å². The lowest BCUT2D eigenvalue weighted by molar-refractivity contribution is 1.16. The molecule has 0 radical (unpaired) electrons. The summed E-state index contributed by atoms with van der Waals surface area (Å²) < 4.78 is 2.15. The molecule has 1 nitrogen and oxygen atoms in total. The lowest BCUT2D eigenvalue weighted by atomic mass is 10.4. The van der Waals surface area contributed by atoms with Gasteiger partial charge in [0.2, 0.25) is 0 Å². The fraction of sp³-hybridized carbons (Fsp3) is 0.0833. The molecule has 2 rings (SSSR count). The number of thioether (sulfide) groups is 1. The zero-order chi connectivity index (χ0) is 11.4. The highest BCUT2D eigenvalue weighted by molar-refractivity contribution is 9.10. The molecule has 0 spiro atoms. The van der Waals surface area contributed by atoms with Gasteiger partial charge in [0.25, 0.3) is 0 Å². The molecule has 1 heterocycles. The van der Waals surface area contributed by atoms with Crippen molar-refractivity contribution in [3.05, 3.63) is 57.2 Å². The molecule has 82 valence electrons. The first-order chi connectivity index (χ1) is 7.75. The van der Waals surface area contributed by atoms with Gasteiger partial charge in [-0.1, -0.05) is 12.1 Å². The number of pyridine rings is 1. The molecule has 2 aromatic rings. The van der Waals surface area contributed by atoms with Gasteiger partial charge in [-0.15, -0.1) is 11.8 Å². The molecule has 0 saturated heterocycles. The highest BCUT2D eigenvalue weighted by Gasteiger charge is 2.00. The van der Waals surface area contributed by atoms with Gasteiger partial charge >= 0.3 is 0 Å². The number of benzene rings is 1. The van der Waals surface area contributed by atoms with Gasteiger partial charge in [0.1, 0.15) is 0 Å². The van der Waals surface area contributed by atoms with E-state index in [1.165, 1.54) is 4.90 Å². The molecular formula is C12H9Br2NS. The Kier molecular flexibility index (Phi) is 4.44. The van der Waals surface area contributed by atoms with Gasteiger partial charge in [-0.25, -0.2) is 0 Å². The minimum absolute atomic E-state index is 0.885. The minimum atomic E-state index is 0.885. The lowest BCUT2D eigenvalue weighted by Gasteiger charge is -2.03. The van der Waals surface area contributed by atoms with E-state index in [2.05, 4.69) is 49.0 Å². The van der Waals surface area contributed by atoms with Crippen LogP contribution in [-0.2, 0) is 5.75 Å². The van der Waals surface area contributed by atoms with E-state index in [0.717, 1.165) is 20.4 Å². The summed E-state index contributed by atoms with van der Waals surface area (Å²) in [6.45, 7) is 0. The van der Waals surface area contributed by atoms with E-state index in [1.54, 1.807) is 11.8 Å². The molecule has 0 unspecified atom stereocenters. The van der Waals surface area contributed by atoms with Crippen LogP contribution in [0.3, 0.4) is 0 Å². The summed E-state index contributed by atoms with van der Waals surface area (Å²) in [6.07, 6.45) is 1.83. The summed E-state index contributed by atoms with van der Waals surface area (Å²) in [7, 11) is 0. The van der Waals surface area contributed by atoms with E-state index in [4.69, 9.17) is 0 Å². The van der Waals surface area contributed by atoms with Crippen molar-refractivity contribution in [1.82, 2.24) is 4.98 Å². The van der Waals surface area contributed by atoms with Gasteiger partial charge in [-0.2, -0.15) is 0 Å². The maximum absolute atomic E-state index is 4.34. The molecule has 0 amide bonds. The van der Waals surface area contributed by atoms with Gasteiger partial charge in [0.15, 0.2) is 0 Å². The van der Waals surface area contributed by atoms with Crippen molar-refractivity contribution in [3.63, 3.8) is 0 Å². The van der Waals surface area contributed by atoms with E-state index < -0.39 is 0 Å². The fourth-order valence-corrected chi connectivity index (χ4v) is 2.92. The van der Waals surface area contributed by atoms with Crippen molar-refractivity contribution in [2.24, 2.45) is 0 Å². The summed E-state index contributed by atoms with van der Waals surface area (Å²) >= 11 is 8.69. The van der Waals surface area contributed by atoms with Gasteiger partial charge in [-0.05, 0) is 56.1 Å². The summed E-state index contributed by atoms with van der Waals surface area (Å²) in [6, 6.07) is 12.3. The average molecular weight is 359 g/mol. The molecule has 0 fully saturated rings. The summed E-state index contributed by atoms with van der Waals surface area (Å²) in [4.78, 5) is 5.58.